The van der Waals surface area contributed by atoms with Crippen LogP contribution in [0.4, 0.5) is 0 Å². The molecule has 0 aliphatic heterocycles. The molecule has 14 heavy (non-hydrogen) atoms. The Morgan fingerprint density at radius 3 is 2.64 bits per heavy atom. The smallest absolute Gasteiger partial charge is 0.153 e. The zero-order chi connectivity index (χ0) is 10.2. The Bertz CT molecular complexity index is 325. The lowest BCUT2D eigenvalue weighted by Crippen LogP contribution is -2.45. The Morgan fingerprint density at radius 1 is 1.43 bits per heavy atom. The summed E-state index contributed by atoms with van der Waals surface area (Å²) in [5, 5.41) is 8.33. The van der Waals surface area contributed by atoms with Gasteiger partial charge in [-0.1, -0.05) is 6.92 Å². The minimum absolute atomic E-state index is 0.184. The third-order valence-corrected chi connectivity index (χ3v) is 3.07. The van der Waals surface area contributed by atoms with Gasteiger partial charge in [-0.05, 0) is 32.6 Å². The molecule has 1 aliphatic carbocycles. The van der Waals surface area contributed by atoms with Crippen molar-refractivity contribution in [1.82, 2.24) is 14.8 Å². The lowest BCUT2D eigenvalue weighted by atomic mass is 9.77. The van der Waals surface area contributed by atoms with Gasteiger partial charge in [-0.3, -0.25) is 0 Å². The van der Waals surface area contributed by atoms with Crippen LogP contribution >= 0.6 is 0 Å². The van der Waals surface area contributed by atoms with Crippen LogP contribution in [0.25, 0.3) is 0 Å². The highest BCUT2D eigenvalue weighted by Gasteiger charge is 2.39. The van der Waals surface area contributed by atoms with E-state index in [4.69, 9.17) is 5.73 Å². The Hall–Kier alpha value is -0.900. The fraction of sp³-hybridized carbons (Fsp3) is 0.800. The van der Waals surface area contributed by atoms with Crippen LogP contribution in [0.15, 0.2) is 0 Å². The maximum absolute atomic E-state index is 6.25. The van der Waals surface area contributed by atoms with Gasteiger partial charge in [-0.2, -0.15) is 0 Å². The molecule has 1 aromatic heterocycles. The standard InChI is InChI=1S/C10H18N4/c1-3-7-14-8(2)12-13-9(14)10(11)5-4-6-10/h3-7,11H2,1-2H3. The molecular weight excluding hydrogens is 176 g/mol. The summed E-state index contributed by atoms with van der Waals surface area (Å²) in [6.07, 6.45) is 4.42. The Labute approximate surface area is 84.5 Å². The second kappa shape index (κ2) is 3.35. The maximum atomic E-state index is 6.25. The van der Waals surface area contributed by atoms with E-state index >= 15 is 0 Å². The molecule has 78 valence electrons. The van der Waals surface area contributed by atoms with Gasteiger partial charge >= 0.3 is 0 Å². The van der Waals surface area contributed by atoms with Crippen molar-refractivity contribution in [2.75, 3.05) is 0 Å². The highest BCUT2D eigenvalue weighted by Crippen LogP contribution is 2.37. The first-order valence-electron chi connectivity index (χ1n) is 5.36. The van der Waals surface area contributed by atoms with Gasteiger partial charge in [0, 0.05) is 6.54 Å². The number of nitrogens with zero attached hydrogens (tertiary/aromatic N) is 3. The molecule has 4 nitrogen and oxygen atoms in total. The van der Waals surface area contributed by atoms with E-state index in [1.807, 2.05) is 6.92 Å². The molecular formula is C10H18N4. The Kier molecular flexibility index (Phi) is 2.31. The summed E-state index contributed by atoms with van der Waals surface area (Å²) in [6, 6.07) is 0. The molecule has 1 fully saturated rings. The van der Waals surface area contributed by atoms with Gasteiger partial charge in [0.25, 0.3) is 0 Å². The molecule has 0 unspecified atom stereocenters. The maximum Gasteiger partial charge on any atom is 0.153 e. The molecule has 0 bridgehead atoms. The number of hydrogen-bond donors (Lipinski definition) is 1. The van der Waals surface area contributed by atoms with E-state index in [1.165, 1.54) is 6.42 Å². The van der Waals surface area contributed by atoms with Crippen LogP contribution in [0.2, 0.25) is 0 Å². The van der Waals surface area contributed by atoms with Gasteiger partial charge < -0.3 is 10.3 Å². The molecule has 1 heterocycles. The normalized spacial score (nSPS) is 19.4. The van der Waals surface area contributed by atoms with Crippen LogP contribution in [0.1, 0.15) is 44.3 Å². The van der Waals surface area contributed by atoms with Gasteiger partial charge in [0.15, 0.2) is 5.82 Å². The number of aryl methyl sites for hydroxylation is 1. The fourth-order valence-corrected chi connectivity index (χ4v) is 2.02. The molecule has 0 amide bonds. The number of hydrogen-bond acceptors (Lipinski definition) is 3. The molecule has 1 aromatic rings. The molecule has 2 N–H and O–H groups in total. The second-order valence-corrected chi connectivity index (χ2v) is 4.23. The number of nitrogens with two attached hydrogens (primary N) is 1. The van der Waals surface area contributed by atoms with Crippen molar-refractivity contribution in [3.8, 4) is 0 Å². The first kappa shape index (κ1) is 9.65. The molecule has 0 aromatic carbocycles. The zero-order valence-electron chi connectivity index (χ0n) is 8.95. The quantitative estimate of drug-likeness (QED) is 0.789. The topological polar surface area (TPSA) is 56.7 Å². The lowest BCUT2D eigenvalue weighted by Gasteiger charge is -2.37. The molecule has 0 radical (unpaired) electrons. The first-order chi connectivity index (χ1) is 6.67. The molecule has 0 atom stereocenters. The zero-order valence-corrected chi connectivity index (χ0v) is 8.95. The van der Waals surface area contributed by atoms with Crippen molar-refractivity contribution in [2.45, 2.75) is 51.6 Å². The van der Waals surface area contributed by atoms with E-state index in [1.54, 1.807) is 0 Å². The van der Waals surface area contributed by atoms with Crippen LogP contribution in [0.3, 0.4) is 0 Å². The summed E-state index contributed by atoms with van der Waals surface area (Å²) in [6.45, 7) is 5.13. The third kappa shape index (κ3) is 1.34. The van der Waals surface area contributed by atoms with E-state index < -0.39 is 0 Å². The first-order valence-corrected chi connectivity index (χ1v) is 5.36. The molecule has 0 spiro atoms. The van der Waals surface area contributed by atoms with Crippen molar-refractivity contribution in [2.24, 2.45) is 5.73 Å². The Morgan fingerprint density at radius 2 is 2.14 bits per heavy atom. The Balaban J connectivity index is 2.32. The number of rotatable bonds is 3. The summed E-state index contributed by atoms with van der Waals surface area (Å²) in [7, 11) is 0. The van der Waals surface area contributed by atoms with Gasteiger partial charge in [0.2, 0.25) is 0 Å². The molecule has 1 saturated carbocycles. The van der Waals surface area contributed by atoms with Crippen molar-refractivity contribution < 1.29 is 0 Å². The monoisotopic (exact) mass is 194 g/mol. The molecule has 2 rings (SSSR count). The van der Waals surface area contributed by atoms with E-state index in [-0.39, 0.29) is 5.54 Å². The average Bonchev–Trinajstić information content (AvgIpc) is 2.46. The highest BCUT2D eigenvalue weighted by molar-refractivity contribution is 5.12. The van der Waals surface area contributed by atoms with Crippen LogP contribution in [-0.4, -0.2) is 14.8 Å². The van der Waals surface area contributed by atoms with Crippen LogP contribution in [-0.2, 0) is 12.1 Å². The summed E-state index contributed by atoms with van der Waals surface area (Å²) in [5.74, 6) is 1.97. The number of aromatic nitrogens is 3. The largest absolute Gasteiger partial charge is 0.319 e. The fourth-order valence-electron chi connectivity index (χ4n) is 2.02. The van der Waals surface area contributed by atoms with Crippen molar-refractivity contribution in [3.05, 3.63) is 11.6 Å². The molecule has 0 saturated heterocycles. The summed E-state index contributed by atoms with van der Waals surface area (Å²) in [5.41, 5.74) is 6.06. The van der Waals surface area contributed by atoms with Crippen molar-refractivity contribution in [1.29, 1.82) is 0 Å². The summed E-state index contributed by atoms with van der Waals surface area (Å²) in [4.78, 5) is 0. The summed E-state index contributed by atoms with van der Waals surface area (Å²) < 4.78 is 2.17. The van der Waals surface area contributed by atoms with E-state index in [2.05, 4.69) is 21.7 Å². The highest BCUT2D eigenvalue weighted by atomic mass is 15.3. The van der Waals surface area contributed by atoms with E-state index in [0.29, 0.717) is 0 Å². The van der Waals surface area contributed by atoms with Crippen molar-refractivity contribution >= 4 is 0 Å². The van der Waals surface area contributed by atoms with E-state index in [0.717, 1.165) is 37.5 Å². The predicted molar refractivity (Wildman–Crippen MR) is 54.8 cm³/mol. The third-order valence-electron chi connectivity index (χ3n) is 3.07. The van der Waals surface area contributed by atoms with Gasteiger partial charge in [0.05, 0.1) is 5.54 Å². The van der Waals surface area contributed by atoms with Gasteiger partial charge in [-0.15, -0.1) is 10.2 Å². The van der Waals surface area contributed by atoms with Crippen LogP contribution in [0.5, 0.6) is 0 Å². The van der Waals surface area contributed by atoms with Gasteiger partial charge in [-0.25, -0.2) is 0 Å². The summed E-state index contributed by atoms with van der Waals surface area (Å²) >= 11 is 0. The minimum atomic E-state index is -0.184. The predicted octanol–water partition coefficient (Wildman–Crippen LogP) is 1.33. The molecule has 1 aliphatic rings. The van der Waals surface area contributed by atoms with Crippen molar-refractivity contribution in [3.63, 3.8) is 0 Å². The van der Waals surface area contributed by atoms with Crippen LogP contribution < -0.4 is 5.73 Å². The second-order valence-electron chi connectivity index (χ2n) is 4.23. The minimum Gasteiger partial charge on any atom is -0.319 e. The lowest BCUT2D eigenvalue weighted by molar-refractivity contribution is 0.228. The van der Waals surface area contributed by atoms with Gasteiger partial charge in [0.1, 0.15) is 5.82 Å². The molecule has 4 heteroatoms. The van der Waals surface area contributed by atoms with Crippen LogP contribution in [0, 0.1) is 6.92 Å². The average molecular weight is 194 g/mol. The van der Waals surface area contributed by atoms with E-state index in [9.17, 15) is 0 Å². The SMILES string of the molecule is CCCn1c(C)nnc1C1(N)CCC1.